The second kappa shape index (κ2) is 5.45. The standard InChI is InChI=1S/C11H18BrN3/c1-5-8(6-2)10-14-7(3)9(12)11(13-4)15-10/h8H,5-6H2,1-4H3,(H,13,14,15). The van der Waals surface area contributed by atoms with Crippen molar-refractivity contribution in [2.45, 2.75) is 39.5 Å². The largest absolute Gasteiger partial charge is 0.372 e. The maximum absolute atomic E-state index is 4.53. The van der Waals surface area contributed by atoms with E-state index in [-0.39, 0.29) is 0 Å². The molecule has 0 aliphatic carbocycles. The minimum atomic E-state index is 0.462. The van der Waals surface area contributed by atoms with E-state index in [9.17, 15) is 0 Å². The number of rotatable bonds is 4. The zero-order chi connectivity index (χ0) is 11.4. The Morgan fingerprint density at radius 3 is 2.33 bits per heavy atom. The normalized spacial score (nSPS) is 10.8. The molecule has 0 spiro atoms. The van der Waals surface area contributed by atoms with Gasteiger partial charge in [0.1, 0.15) is 11.6 Å². The molecular weight excluding hydrogens is 254 g/mol. The first-order valence-corrected chi connectivity index (χ1v) is 6.15. The quantitative estimate of drug-likeness (QED) is 0.911. The third-order valence-electron chi connectivity index (χ3n) is 2.62. The molecule has 1 aromatic rings. The maximum atomic E-state index is 4.53. The number of halogens is 1. The Morgan fingerprint density at radius 2 is 1.87 bits per heavy atom. The van der Waals surface area contributed by atoms with Crippen molar-refractivity contribution < 1.29 is 0 Å². The van der Waals surface area contributed by atoms with E-state index < -0.39 is 0 Å². The molecule has 1 N–H and O–H groups in total. The highest BCUT2D eigenvalue weighted by Gasteiger charge is 2.14. The van der Waals surface area contributed by atoms with Crippen LogP contribution in [-0.4, -0.2) is 17.0 Å². The van der Waals surface area contributed by atoms with Gasteiger partial charge >= 0.3 is 0 Å². The molecule has 0 bridgehead atoms. The summed E-state index contributed by atoms with van der Waals surface area (Å²) in [5, 5.41) is 3.08. The Kier molecular flexibility index (Phi) is 4.51. The monoisotopic (exact) mass is 271 g/mol. The molecule has 1 rings (SSSR count). The molecule has 1 aromatic heterocycles. The average Bonchev–Trinajstić information content (AvgIpc) is 2.24. The Bertz CT molecular complexity index is 335. The van der Waals surface area contributed by atoms with Crippen molar-refractivity contribution in [3.8, 4) is 0 Å². The fourth-order valence-electron chi connectivity index (χ4n) is 1.58. The molecule has 0 aliphatic rings. The number of hydrogen-bond donors (Lipinski definition) is 1. The molecule has 4 heteroatoms. The van der Waals surface area contributed by atoms with Crippen LogP contribution in [0.4, 0.5) is 5.82 Å². The molecule has 0 saturated carbocycles. The second-order valence-electron chi connectivity index (χ2n) is 3.59. The molecule has 3 nitrogen and oxygen atoms in total. The van der Waals surface area contributed by atoms with Gasteiger partial charge in [0.05, 0.1) is 10.2 Å². The average molecular weight is 272 g/mol. The fourth-order valence-corrected chi connectivity index (χ4v) is 1.96. The molecule has 0 aliphatic heterocycles. The second-order valence-corrected chi connectivity index (χ2v) is 4.39. The maximum Gasteiger partial charge on any atom is 0.144 e. The lowest BCUT2D eigenvalue weighted by molar-refractivity contribution is 0.599. The van der Waals surface area contributed by atoms with Crippen LogP contribution in [0.2, 0.25) is 0 Å². The topological polar surface area (TPSA) is 37.8 Å². The van der Waals surface area contributed by atoms with Gasteiger partial charge in [-0.05, 0) is 35.7 Å². The van der Waals surface area contributed by atoms with Gasteiger partial charge in [-0.2, -0.15) is 0 Å². The summed E-state index contributed by atoms with van der Waals surface area (Å²) in [4.78, 5) is 9.05. The number of aryl methyl sites for hydroxylation is 1. The third kappa shape index (κ3) is 2.68. The summed E-state index contributed by atoms with van der Waals surface area (Å²) in [7, 11) is 1.88. The van der Waals surface area contributed by atoms with Crippen molar-refractivity contribution in [2.24, 2.45) is 0 Å². The van der Waals surface area contributed by atoms with Gasteiger partial charge in [0.2, 0.25) is 0 Å². The number of anilines is 1. The van der Waals surface area contributed by atoms with E-state index in [1.807, 2.05) is 14.0 Å². The molecule has 0 saturated heterocycles. The summed E-state index contributed by atoms with van der Waals surface area (Å²) in [6, 6.07) is 0. The number of aromatic nitrogens is 2. The van der Waals surface area contributed by atoms with Crippen LogP contribution in [0.1, 0.15) is 44.1 Å². The lowest BCUT2D eigenvalue weighted by Crippen LogP contribution is -2.07. The van der Waals surface area contributed by atoms with Crippen LogP contribution in [-0.2, 0) is 0 Å². The summed E-state index contributed by atoms with van der Waals surface area (Å²) in [6.45, 7) is 6.35. The zero-order valence-corrected chi connectivity index (χ0v) is 11.3. The molecule has 0 aromatic carbocycles. The summed E-state index contributed by atoms with van der Waals surface area (Å²) in [5.74, 6) is 2.29. The molecule has 0 unspecified atom stereocenters. The van der Waals surface area contributed by atoms with Crippen molar-refractivity contribution in [1.82, 2.24) is 9.97 Å². The Labute approximate surface area is 99.8 Å². The molecule has 1 heterocycles. The van der Waals surface area contributed by atoms with E-state index >= 15 is 0 Å². The van der Waals surface area contributed by atoms with E-state index in [1.54, 1.807) is 0 Å². The van der Waals surface area contributed by atoms with Gasteiger partial charge in [-0.1, -0.05) is 13.8 Å². The Hall–Kier alpha value is -0.640. The van der Waals surface area contributed by atoms with Crippen molar-refractivity contribution in [3.05, 3.63) is 16.0 Å². The van der Waals surface area contributed by atoms with Gasteiger partial charge in [0.25, 0.3) is 0 Å². The molecule has 0 radical (unpaired) electrons. The van der Waals surface area contributed by atoms with Gasteiger partial charge in [0.15, 0.2) is 0 Å². The smallest absolute Gasteiger partial charge is 0.144 e. The van der Waals surface area contributed by atoms with Gasteiger partial charge in [-0.25, -0.2) is 9.97 Å². The van der Waals surface area contributed by atoms with Crippen LogP contribution >= 0.6 is 15.9 Å². The minimum absolute atomic E-state index is 0.462. The highest BCUT2D eigenvalue weighted by molar-refractivity contribution is 9.10. The lowest BCUT2D eigenvalue weighted by atomic mass is 10.0. The van der Waals surface area contributed by atoms with E-state index in [0.29, 0.717) is 5.92 Å². The molecule has 15 heavy (non-hydrogen) atoms. The first kappa shape index (κ1) is 12.4. The van der Waals surface area contributed by atoms with Crippen molar-refractivity contribution in [1.29, 1.82) is 0 Å². The van der Waals surface area contributed by atoms with Crippen LogP contribution in [0.5, 0.6) is 0 Å². The number of nitrogens with one attached hydrogen (secondary N) is 1. The highest BCUT2D eigenvalue weighted by Crippen LogP contribution is 2.27. The molecular formula is C11H18BrN3. The molecule has 0 amide bonds. The first-order chi connectivity index (χ1) is 7.13. The van der Waals surface area contributed by atoms with E-state index in [2.05, 4.69) is 45.1 Å². The summed E-state index contributed by atoms with van der Waals surface area (Å²) in [6.07, 6.45) is 2.17. The predicted molar refractivity (Wildman–Crippen MR) is 67.3 cm³/mol. The minimum Gasteiger partial charge on any atom is -0.372 e. The predicted octanol–water partition coefficient (Wildman–Crippen LogP) is 3.49. The summed E-state index contributed by atoms with van der Waals surface area (Å²) < 4.78 is 0.958. The fraction of sp³-hybridized carbons (Fsp3) is 0.636. The Morgan fingerprint density at radius 1 is 1.27 bits per heavy atom. The van der Waals surface area contributed by atoms with Crippen molar-refractivity contribution >= 4 is 21.7 Å². The lowest BCUT2D eigenvalue weighted by Gasteiger charge is -2.14. The van der Waals surface area contributed by atoms with Gasteiger partial charge in [-0.15, -0.1) is 0 Å². The van der Waals surface area contributed by atoms with Gasteiger partial charge in [0, 0.05) is 13.0 Å². The van der Waals surface area contributed by atoms with Crippen LogP contribution in [0, 0.1) is 6.92 Å². The van der Waals surface area contributed by atoms with Crippen LogP contribution in [0.15, 0.2) is 4.47 Å². The molecule has 0 atom stereocenters. The SMILES string of the molecule is CCC(CC)c1nc(C)c(Br)c(NC)n1. The van der Waals surface area contributed by atoms with Gasteiger partial charge in [-0.3, -0.25) is 0 Å². The van der Waals surface area contributed by atoms with Crippen molar-refractivity contribution in [2.75, 3.05) is 12.4 Å². The van der Waals surface area contributed by atoms with E-state index in [0.717, 1.165) is 34.7 Å². The van der Waals surface area contributed by atoms with Gasteiger partial charge < -0.3 is 5.32 Å². The molecule has 0 fully saturated rings. The Balaban J connectivity index is 3.15. The zero-order valence-electron chi connectivity index (χ0n) is 9.76. The van der Waals surface area contributed by atoms with Crippen LogP contribution in [0.25, 0.3) is 0 Å². The highest BCUT2D eigenvalue weighted by atomic mass is 79.9. The number of nitrogens with zero attached hydrogens (tertiary/aromatic N) is 2. The van der Waals surface area contributed by atoms with Crippen molar-refractivity contribution in [3.63, 3.8) is 0 Å². The van der Waals surface area contributed by atoms with E-state index in [4.69, 9.17) is 0 Å². The van der Waals surface area contributed by atoms with Crippen LogP contribution in [0.3, 0.4) is 0 Å². The summed E-state index contributed by atoms with van der Waals surface area (Å²) >= 11 is 3.48. The third-order valence-corrected chi connectivity index (χ3v) is 3.57. The molecule has 84 valence electrons. The van der Waals surface area contributed by atoms with E-state index in [1.165, 1.54) is 0 Å². The number of hydrogen-bond acceptors (Lipinski definition) is 3. The van der Waals surface area contributed by atoms with Crippen LogP contribution < -0.4 is 5.32 Å². The first-order valence-electron chi connectivity index (χ1n) is 5.35. The summed E-state index contributed by atoms with van der Waals surface area (Å²) in [5.41, 5.74) is 0.997.